The van der Waals surface area contributed by atoms with E-state index in [0.717, 1.165) is 22.7 Å². The van der Waals surface area contributed by atoms with Crippen LogP contribution < -0.4 is 4.74 Å². The number of alkyl halides is 1. The fourth-order valence-electron chi connectivity index (χ4n) is 1.72. The zero-order valence-corrected chi connectivity index (χ0v) is 12.0. The minimum atomic E-state index is 0.435. The smallest absolute Gasteiger partial charge is 0.171 e. The summed E-state index contributed by atoms with van der Waals surface area (Å²) in [5.41, 5.74) is 2.77. The second-order valence-corrected chi connectivity index (χ2v) is 4.80. The number of benzene rings is 1. The molecule has 0 fully saturated rings. The van der Waals surface area contributed by atoms with Crippen LogP contribution in [0.4, 0.5) is 0 Å². The molecule has 0 bridgehead atoms. The second-order valence-electron chi connectivity index (χ2n) is 4.12. The quantitative estimate of drug-likeness (QED) is 0.789. The molecule has 5 heteroatoms. The summed E-state index contributed by atoms with van der Waals surface area (Å²) >= 11 is 11.9. The van der Waals surface area contributed by atoms with Gasteiger partial charge in [-0.1, -0.05) is 17.7 Å². The Morgan fingerprint density at radius 2 is 2.06 bits per heavy atom. The normalized spacial score (nSPS) is 10.7. The first kappa shape index (κ1) is 13.2. The summed E-state index contributed by atoms with van der Waals surface area (Å²) in [7, 11) is 1.88. The largest absolute Gasteiger partial charge is 0.452 e. The molecule has 0 spiro atoms. The Hall–Kier alpha value is -1.19. The van der Waals surface area contributed by atoms with E-state index in [1.54, 1.807) is 4.68 Å². The summed E-state index contributed by atoms with van der Waals surface area (Å²) in [5.74, 6) is 1.80. The summed E-state index contributed by atoms with van der Waals surface area (Å²) in [6.07, 6.45) is 0. The first-order valence-corrected chi connectivity index (χ1v) is 6.46. The lowest BCUT2D eigenvalue weighted by Gasteiger charge is -2.08. The van der Waals surface area contributed by atoms with Crippen molar-refractivity contribution in [1.82, 2.24) is 9.78 Å². The number of hydrogen-bond donors (Lipinski definition) is 0. The van der Waals surface area contributed by atoms with E-state index in [9.17, 15) is 0 Å². The number of hydrogen-bond acceptors (Lipinski definition) is 2. The molecule has 0 atom stereocenters. The van der Waals surface area contributed by atoms with Crippen LogP contribution in [0.5, 0.6) is 11.5 Å². The number of aromatic nitrogens is 2. The summed E-state index contributed by atoms with van der Waals surface area (Å²) in [4.78, 5) is 0. The van der Waals surface area contributed by atoms with Gasteiger partial charge in [-0.05, 0) is 31.5 Å². The molecule has 0 unspecified atom stereocenters. The van der Waals surface area contributed by atoms with E-state index in [0.29, 0.717) is 16.7 Å². The Morgan fingerprint density at radius 3 is 2.56 bits per heavy atom. The van der Waals surface area contributed by atoms with Crippen LogP contribution in [0, 0.1) is 13.8 Å². The van der Waals surface area contributed by atoms with Crippen molar-refractivity contribution in [3.05, 3.63) is 40.2 Å². The molecule has 0 N–H and O–H groups in total. The fraction of sp³-hybridized carbons (Fsp3) is 0.308. The maximum absolute atomic E-state index is 6.16. The highest BCUT2D eigenvalue weighted by molar-refractivity contribution is 6.32. The third-order valence-corrected chi connectivity index (χ3v) is 3.41. The van der Waals surface area contributed by atoms with Crippen molar-refractivity contribution in [2.24, 2.45) is 7.05 Å². The Bertz CT molecular complexity index is 579. The minimum absolute atomic E-state index is 0.435. The standard InChI is InChI=1S/C13H14Cl2N2O/c1-8-13(9(2)17(3)16-8)18-12-5-4-10(7-14)6-11(12)15/h4-6H,7H2,1-3H3. The molecular weight excluding hydrogens is 271 g/mol. The molecule has 1 heterocycles. The third kappa shape index (κ3) is 2.47. The maximum atomic E-state index is 6.16. The fourth-order valence-corrected chi connectivity index (χ4v) is 2.13. The Labute approximate surface area is 116 Å². The molecule has 0 aliphatic rings. The summed E-state index contributed by atoms with van der Waals surface area (Å²) < 4.78 is 7.62. The second kappa shape index (κ2) is 5.21. The van der Waals surface area contributed by atoms with E-state index in [1.165, 1.54) is 0 Å². The molecule has 0 saturated heterocycles. The minimum Gasteiger partial charge on any atom is -0.452 e. The SMILES string of the molecule is Cc1nn(C)c(C)c1Oc1ccc(CCl)cc1Cl. The first-order chi connectivity index (χ1) is 8.52. The van der Waals surface area contributed by atoms with Gasteiger partial charge < -0.3 is 4.74 Å². The molecule has 0 radical (unpaired) electrons. The van der Waals surface area contributed by atoms with Gasteiger partial charge >= 0.3 is 0 Å². The van der Waals surface area contributed by atoms with Crippen LogP contribution in [0.3, 0.4) is 0 Å². The van der Waals surface area contributed by atoms with E-state index < -0.39 is 0 Å². The van der Waals surface area contributed by atoms with Crippen molar-refractivity contribution < 1.29 is 4.74 Å². The van der Waals surface area contributed by atoms with E-state index in [-0.39, 0.29) is 0 Å². The predicted octanol–water partition coefficient (Wildman–Crippen LogP) is 4.22. The summed E-state index contributed by atoms with van der Waals surface area (Å²) in [5, 5.41) is 4.85. The average Bonchev–Trinajstić information content (AvgIpc) is 2.58. The zero-order valence-electron chi connectivity index (χ0n) is 10.5. The monoisotopic (exact) mass is 284 g/mol. The van der Waals surface area contributed by atoms with Crippen molar-refractivity contribution in [2.45, 2.75) is 19.7 Å². The number of rotatable bonds is 3. The molecule has 0 amide bonds. The van der Waals surface area contributed by atoms with Crippen LogP contribution in [0.2, 0.25) is 5.02 Å². The number of ether oxygens (including phenoxy) is 1. The van der Waals surface area contributed by atoms with Gasteiger partial charge in [-0.15, -0.1) is 11.6 Å². The van der Waals surface area contributed by atoms with Gasteiger partial charge in [-0.2, -0.15) is 5.10 Å². The molecule has 0 saturated carbocycles. The molecule has 1 aromatic carbocycles. The molecule has 0 aliphatic heterocycles. The Kier molecular flexibility index (Phi) is 3.83. The summed E-state index contributed by atoms with van der Waals surface area (Å²) in [6.45, 7) is 3.86. The van der Waals surface area contributed by atoms with Gasteiger partial charge in [0.05, 0.1) is 10.7 Å². The molecule has 96 valence electrons. The van der Waals surface area contributed by atoms with Gasteiger partial charge in [0.1, 0.15) is 11.4 Å². The van der Waals surface area contributed by atoms with E-state index in [4.69, 9.17) is 27.9 Å². The lowest BCUT2D eigenvalue weighted by molar-refractivity contribution is 0.474. The van der Waals surface area contributed by atoms with Crippen molar-refractivity contribution in [3.8, 4) is 11.5 Å². The van der Waals surface area contributed by atoms with Crippen molar-refractivity contribution >= 4 is 23.2 Å². The van der Waals surface area contributed by atoms with Gasteiger partial charge in [0.15, 0.2) is 5.75 Å². The molecule has 3 nitrogen and oxygen atoms in total. The lowest BCUT2D eigenvalue weighted by Crippen LogP contribution is -1.93. The van der Waals surface area contributed by atoms with Gasteiger partial charge in [0.2, 0.25) is 0 Å². The van der Waals surface area contributed by atoms with E-state index >= 15 is 0 Å². The van der Waals surface area contributed by atoms with Crippen LogP contribution in [0.15, 0.2) is 18.2 Å². The van der Waals surface area contributed by atoms with Crippen LogP contribution in [0.25, 0.3) is 0 Å². The number of halogens is 2. The van der Waals surface area contributed by atoms with E-state index in [2.05, 4.69) is 5.10 Å². The van der Waals surface area contributed by atoms with Crippen molar-refractivity contribution in [2.75, 3.05) is 0 Å². The zero-order chi connectivity index (χ0) is 13.3. The molecule has 2 rings (SSSR count). The van der Waals surface area contributed by atoms with Crippen molar-refractivity contribution in [1.29, 1.82) is 0 Å². The highest BCUT2D eigenvalue weighted by atomic mass is 35.5. The molecule has 1 aromatic heterocycles. The Balaban J connectivity index is 2.34. The van der Waals surface area contributed by atoms with Crippen LogP contribution in [-0.4, -0.2) is 9.78 Å². The molecule has 18 heavy (non-hydrogen) atoms. The first-order valence-electron chi connectivity index (χ1n) is 5.55. The van der Waals surface area contributed by atoms with Crippen molar-refractivity contribution in [3.63, 3.8) is 0 Å². The number of nitrogens with zero attached hydrogens (tertiary/aromatic N) is 2. The highest BCUT2D eigenvalue weighted by Gasteiger charge is 2.13. The van der Waals surface area contributed by atoms with Gasteiger partial charge in [-0.3, -0.25) is 4.68 Å². The topological polar surface area (TPSA) is 27.1 Å². The third-order valence-electron chi connectivity index (χ3n) is 2.81. The highest BCUT2D eigenvalue weighted by Crippen LogP contribution is 2.33. The van der Waals surface area contributed by atoms with Crippen LogP contribution in [0.1, 0.15) is 17.0 Å². The van der Waals surface area contributed by atoms with E-state index in [1.807, 2.05) is 39.1 Å². The molecular formula is C13H14Cl2N2O. The Morgan fingerprint density at radius 1 is 1.33 bits per heavy atom. The average molecular weight is 285 g/mol. The molecule has 2 aromatic rings. The number of aryl methyl sites for hydroxylation is 2. The van der Waals surface area contributed by atoms with Gasteiger partial charge in [0.25, 0.3) is 0 Å². The molecule has 0 aliphatic carbocycles. The van der Waals surface area contributed by atoms with Gasteiger partial charge in [0, 0.05) is 12.9 Å². The van der Waals surface area contributed by atoms with Gasteiger partial charge in [-0.25, -0.2) is 0 Å². The van der Waals surface area contributed by atoms with Crippen LogP contribution in [-0.2, 0) is 12.9 Å². The lowest BCUT2D eigenvalue weighted by atomic mass is 10.2. The maximum Gasteiger partial charge on any atom is 0.171 e. The predicted molar refractivity (Wildman–Crippen MR) is 73.8 cm³/mol. The summed E-state index contributed by atoms with van der Waals surface area (Å²) in [6, 6.07) is 5.53. The van der Waals surface area contributed by atoms with Crippen LogP contribution >= 0.6 is 23.2 Å².